The van der Waals surface area contributed by atoms with Gasteiger partial charge in [0.25, 0.3) is 0 Å². The highest BCUT2D eigenvalue weighted by molar-refractivity contribution is 6.24. The first-order chi connectivity index (χ1) is 23.8. The van der Waals surface area contributed by atoms with Crippen LogP contribution in [0, 0.1) is 23.7 Å². The fraction of sp³-hybridized carbons (Fsp3) is 0.459. The minimum atomic E-state index is -0.938. The highest BCUT2D eigenvalue weighted by Crippen LogP contribution is 2.54. The van der Waals surface area contributed by atoms with Crippen LogP contribution in [0.5, 0.6) is 0 Å². The van der Waals surface area contributed by atoms with Crippen LogP contribution in [-0.4, -0.2) is 98.9 Å². The number of amides is 4. The maximum atomic E-state index is 13.7. The molecule has 0 N–H and O–H groups in total. The molecule has 8 aliphatic rings. The molecule has 2 aromatic rings. The van der Waals surface area contributed by atoms with Crippen molar-refractivity contribution in [1.82, 2.24) is 0 Å². The summed E-state index contributed by atoms with van der Waals surface area (Å²) in [5, 5.41) is 0. The third kappa shape index (κ3) is 4.58. The van der Waals surface area contributed by atoms with Crippen molar-refractivity contribution < 1.29 is 47.6 Å². The molecule has 12 heteroatoms. The van der Waals surface area contributed by atoms with Crippen molar-refractivity contribution in [1.29, 1.82) is 0 Å². The number of imide groups is 2. The molecule has 0 radical (unpaired) electrons. The Morgan fingerprint density at radius 3 is 1.41 bits per heavy atom. The lowest BCUT2D eigenvalue weighted by Gasteiger charge is -2.28. The molecule has 0 spiro atoms. The Balaban J connectivity index is 0.805. The van der Waals surface area contributed by atoms with E-state index in [9.17, 15) is 19.2 Å². The lowest BCUT2D eigenvalue weighted by atomic mass is 9.77. The van der Waals surface area contributed by atoms with Gasteiger partial charge in [-0.25, -0.2) is 9.80 Å². The molecule has 252 valence electrons. The standard InChI is InChI=1S/C37H34N2O10/c40-32-28-26-9-11-36(48-26,18-44-14-24-16-46-24)30(28)34(42)38(32)22-5-1-20(2-6-22)13-21-3-7-23(8-4-21)39-33(41)29-27-10-12-37(49-27,31(29)35(39)43)19-45-15-25-17-47-25/h1-12,24-31H,13-19H2. The van der Waals surface area contributed by atoms with Gasteiger partial charge >= 0.3 is 0 Å². The normalized spacial score (nSPS) is 38.8. The molecule has 10 rings (SSSR count). The first kappa shape index (κ1) is 29.8. The third-order valence-corrected chi connectivity index (χ3v) is 11.2. The summed E-state index contributed by atoms with van der Waals surface area (Å²) < 4.78 is 34.4. The molecule has 10 unspecified atom stereocenters. The van der Waals surface area contributed by atoms with Crippen LogP contribution >= 0.6 is 0 Å². The molecule has 4 bridgehead atoms. The molecule has 8 heterocycles. The van der Waals surface area contributed by atoms with Crippen molar-refractivity contribution in [3.63, 3.8) is 0 Å². The van der Waals surface area contributed by atoms with Crippen molar-refractivity contribution >= 4 is 35.0 Å². The van der Waals surface area contributed by atoms with E-state index in [4.69, 9.17) is 28.4 Å². The minimum Gasteiger partial charge on any atom is -0.375 e. The van der Waals surface area contributed by atoms with Gasteiger partial charge < -0.3 is 28.4 Å². The first-order valence-corrected chi connectivity index (χ1v) is 16.9. The molecule has 12 nitrogen and oxygen atoms in total. The van der Waals surface area contributed by atoms with Crippen molar-refractivity contribution in [2.24, 2.45) is 23.7 Å². The monoisotopic (exact) mass is 666 g/mol. The molecule has 49 heavy (non-hydrogen) atoms. The molecule has 4 amide bonds. The number of carbonyl (C=O) groups is 4. The average Bonchev–Trinajstić information content (AvgIpc) is 3.88. The van der Waals surface area contributed by atoms with Gasteiger partial charge in [-0.2, -0.15) is 0 Å². The van der Waals surface area contributed by atoms with Crippen LogP contribution in [0.2, 0.25) is 0 Å². The number of nitrogens with zero attached hydrogens (tertiary/aromatic N) is 2. The highest BCUT2D eigenvalue weighted by Gasteiger charge is 2.69. The molecular formula is C37H34N2O10. The lowest BCUT2D eigenvalue weighted by Crippen LogP contribution is -2.44. The summed E-state index contributed by atoms with van der Waals surface area (Å²) in [5.41, 5.74) is 1.14. The van der Waals surface area contributed by atoms with Crippen LogP contribution in [0.15, 0.2) is 72.8 Å². The van der Waals surface area contributed by atoms with E-state index in [1.807, 2.05) is 48.6 Å². The molecule has 10 atom stereocenters. The van der Waals surface area contributed by atoms with Crippen LogP contribution in [0.25, 0.3) is 0 Å². The zero-order chi connectivity index (χ0) is 33.1. The van der Waals surface area contributed by atoms with E-state index < -0.39 is 47.1 Å². The lowest BCUT2D eigenvalue weighted by molar-refractivity contribution is -0.130. The maximum absolute atomic E-state index is 13.7. The van der Waals surface area contributed by atoms with Gasteiger partial charge in [0, 0.05) is 0 Å². The van der Waals surface area contributed by atoms with Crippen molar-refractivity contribution in [2.45, 2.75) is 42.0 Å². The molecule has 0 aromatic heterocycles. The van der Waals surface area contributed by atoms with Crippen molar-refractivity contribution in [3.05, 3.63) is 84.0 Å². The second-order valence-electron chi connectivity index (χ2n) is 14.3. The predicted octanol–water partition coefficient (Wildman–Crippen LogP) is 1.73. The molecule has 0 aliphatic carbocycles. The number of hydrogen-bond donors (Lipinski definition) is 0. The Hall–Kier alpha value is -4.04. The van der Waals surface area contributed by atoms with E-state index in [-0.39, 0.29) is 49.1 Å². The van der Waals surface area contributed by atoms with Gasteiger partial charge in [0.2, 0.25) is 23.6 Å². The van der Waals surface area contributed by atoms with Crippen LogP contribution in [0.4, 0.5) is 11.4 Å². The summed E-state index contributed by atoms with van der Waals surface area (Å²) in [5.74, 6) is -3.42. The van der Waals surface area contributed by atoms with Gasteiger partial charge in [0.15, 0.2) is 0 Å². The average molecular weight is 667 g/mol. The zero-order valence-corrected chi connectivity index (χ0v) is 26.5. The van der Waals surface area contributed by atoms with E-state index in [0.717, 1.165) is 11.1 Å². The summed E-state index contributed by atoms with van der Waals surface area (Å²) in [6.45, 7) is 2.63. The Morgan fingerprint density at radius 2 is 1.02 bits per heavy atom. The Bertz CT molecular complexity index is 1690. The number of anilines is 2. The van der Waals surface area contributed by atoms with Gasteiger partial charge in [0.05, 0.1) is 86.9 Å². The summed E-state index contributed by atoms with van der Waals surface area (Å²) in [7, 11) is 0. The van der Waals surface area contributed by atoms with Gasteiger partial charge in [-0.05, 0) is 41.8 Å². The number of carbonyl (C=O) groups excluding carboxylic acids is 4. The molecule has 8 aliphatic heterocycles. The van der Waals surface area contributed by atoms with Gasteiger partial charge in [-0.3, -0.25) is 19.2 Å². The quantitative estimate of drug-likeness (QED) is 0.187. The van der Waals surface area contributed by atoms with E-state index in [0.29, 0.717) is 44.2 Å². The van der Waals surface area contributed by atoms with Crippen LogP contribution < -0.4 is 9.80 Å². The predicted molar refractivity (Wildman–Crippen MR) is 169 cm³/mol. The fourth-order valence-corrected chi connectivity index (χ4v) is 8.63. The van der Waals surface area contributed by atoms with E-state index >= 15 is 0 Å². The van der Waals surface area contributed by atoms with Crippen molar-refractivity contribution in [3.8, 4) is 0 Å². The number of ether oxygens (including phenoxy) is 6. The Labute approximate surface area is 281 Å². The number of epoxide rings is 2. The first-order valence-electron chi connectivity index (χ1n) is 16.9. The smallest absolute Gasteiger partial charge is 0.241 e. The van der Waals surface area contributed by atoms with Gasteiger partial charge in [-0.15, -0.1) is 0 Å². The summed E-state index contributed by atoms with van der Waals surface area (Å²) in [6, 6.07) is 14.8. The summed E-state index contributed by atoms with van der Waals surface area (Å²) >= 11 is 0. The van der Waals surface area contributed by atoms with E-state index in [2.05, 4.69) is 0 Å². The number of rotatable bonds is 12. The second-order valence-corrected chi connectivity index (χ2v) is 14.3. The van der Waals surface area contributed by atoms with E-state index in [1.165, 1.54) is 9.80 Å². The van der Waals surface area contributed by atoms with Gasteiger partial charge in [-0.1, -0.05) is 48.6 Å². The number of hydrogen-bond acceptors (Lipinski definition) is 10. The fourth-order valence-electron chi connectivity index (χ4n) is 8.63. The zero-order valence-electron chi connectivity index (χ0n) is 26.5. The SMILES string of the molecule is O=C1C2C3C=CC(COCC4CO4)(O3)C2C(=O)N1c1ccc(Cc2ccc(N3C(=O)C4C5C=CC(COCC6CO6)(O5)C4C3=O)cc2)cc1. The molecule has 2 aromatic carbocycles. The highest BCUT2D eigenvalue weighted by atomic mass is 16.6. The van der Waals surface area contributed by atoms with Crippen molar-refractivity contribution in [2.75, 3.05) is 49.4 Å². The van der Waals surface area contributed by atoms with Crippen LogP contribution in [0.1, 0.15) is 11.1 Å². The summed E-state index contributed by atoms with van der Waals surface area (Å²) in [6.07, 6.45) is 7.39. The second kappa shape index (κ2) is 10.7. The van der Waals surface area contributed by atoms with Crippen LogP contribution in [-0.2, 0) is 54.0 Å². The van der Waals surface area contributed by atoms with E-state index in [1.54, 1.807) is 24.3 Å². The van der Waals surface area contributed by atoms with Crippen LogP contribution in [0.3, 0.4) is 0 Å². The third-order valence-electron chi connectivity index (χ3n) is 11.2. The Morgan fingerprint density at radius 1 is 0.612 bits per heavy atom. The van der Waals surface area contributed by atoms with Gasteiger partial charge in [0.1, 0.15) is 23.4 Å². The molecular weight excluding hydrogens is 632 g/mol. The molecule has 0 saturated carbocycles. The number of fused-ring (bicyclic) bond motifs is 10. The summed E-state index contributed by atoms with van der Waals surface area (Å²) in [4.78, 5) is 57.0. The Kier molecular flexibility index (Phi) is 6.53. The molecule has 6 saturated heterocycles. The number of benzene rings is 2. The largest absolute Gasteiger partial charge is 0.375 e. The maximum Gasteiger partial charge on any atom is 0.241 e. The molecule has 6 fully saturated rings. The minimum absolute atomic E-state index is 0.0941. The topological polar surface area (TPSA) is 137 Å².